The summed E-state index contributed by atoms with van der Waals surface area (Å²) in [4.78, 5) is 7.38. The summed E-state index contributed by atoms with van der Waals surface area (Å²) in [6, 6.07) is 8.17. The normalized spacial score (nSPS) is 11.4. The van der Waals surface area contributed by atoms with Gasteiger partial charge < -0.3 is 4.57 Å². The van der Waals surface area contributed by atoms with Crippen molar-refractivity contribution >= 4 is 45.6 Å². The van der Waals surface area contributed by atoms with Gasteiger partial charge in [-0.05, 0) is 37.6 Å². The predicted molar refractivity (Wildman–Crippen MR) is 92.1 cm³/mol. The highest BCUT2D eigenvalue weighted by Gasteiger charge is 2.14. The van der Waals surface area contributed by atoms with E-state index in [4.69, 9.17) is 23.2 Å². The van der Waals surface area contributed by atoms with Gasteiger partial charge in [-0.1, -0.05) is 17.7 Å². The summed E-state index contributed by atoms with van der Waals surface area (Å²) in [5, 5.41) is 0.695. The number of benzene rings is 1. The number of hydrogen-bond donors (Lipinski definition) is 0. The number of imidazole rings is 1. The van der Waals surface area contributed by atoms with Crippen LogP contribution in [0, 0.1) is 13.8 Å². The first-order valence-electron chi connectivity index (χ1n) is 6.85. The molecule has 2 heterocycles. The Morgan fingerprint density at radius 1 is 1.29 bits per heavy atom. The van der Waals surface area contributed by atoms with Gasteiger partial charge in [-0.15, -0.1) is 22.9 Å². The third kappa shape index (κ3) is 2.83. The highest BCUT2D eigenvalue weighted by Crippen LogP contribution is 2.27. The van der Waals surface area contributed by atoms with Gasteiger partial charge in [0.25, 0.3) is 0 Å². The molecule has 21 heavy (non-hydrogen) atoms. The van der Waals surface area contributed by atoms with Gasteiger partial charge in [0, 0.05) is 22.1 Å². The van der Waals surface area contributed by atoms with E-state index in [9.17, 15) is 0 Å². The topological polar surface area (TPSA) is 17.8 Å². The monoisotopic (exact) mass is 338 g/mol. The van der Waals surface area contributed by atoms with Crippen LogP contribution < -0.4 is 0 Å². The van der Waals surface area contributed by atoms with Crippen LogP contribution in [0.1, 0.15) is 21.1 Å². The second-order valence-corrected chi connectivity index (χ2v) is 7.24. The van der Waals surface area contributed by atoms with Crippen molar-refractivity contribution < 1.29 is 0 Å². The first kappa shape index (κ1) is 14.9. The Hall–Kier alpha value is -1.03. The number of fused-ring (bicyclic) bond motifs is 1. The van der Waals surface area contributed by atoms with Gasteiger partial charge in [-0.25, -0.2) is 4.98 Å². The summed E-state index contributed by atoms with van der Waals surface area (Å²) < 4.78 is 2.23. The summed E-state index contributed by atoms with van der Waals surface area (Å²) in [7, 11) is 0. The number of hydrogen-bond acceptors (Lipinski definition) is 2. The van der Waals surface area contributed by atoms with E-state index in [-0.39, 0.29) is 0 Å². The molecule has 0 radical (unpaired) electrons. The van der Waals surface area contributed by atoms with Crippen molar-refractivity contribution in [2.24, 2.45) is 0 Å². The number of aryl methyl sites for hydroxylation is 3. The number of halogens is 2. The van der Waals surface area contributed by atoms with Crippen LogP contribution in [0.15, 0.2) is 24.3 Å². The fourth-order valence-electron chi connectivity index (χ4n) is 2.50. The van der Waals surface area contributed by atoms with Crippen LogP contribution in [-0.4, -0.2) is 15.4 Å². The van der Waals surface area contributed by atoms with E-state index in [0.717, 1.165) is 29.8 Å². The van der Waals surface area contributed by atoms with Crippen LogP contribution in [0.5, 0.6) is 0 Å². The molecule has 0 fully saturated rings. The molecule has 1 aromatic carbocycles. The molecule has 0 spiro atoms. The molecule has 0 N–H and O–H groups in total. The molecule has 0 atom stereocenters. The Morgan fingerprint density at radius 3 is 2.76 bits per heavy atom. The number of para-hydroxylation sites is 1. The van der Waals surface area contributed by atoms with Crippen LogP contribution in [0.25, 0.3) is 11.0 Å². The van der Waals surface area contributed by atoms with E-state index in [2.05, 4.69) is 35.5 Å². The van der Waals surface area contributed by atoms with Gasteiger partial charge in [0.1, 0.15) is 11.3 Å². The third-order valence-electron chi connectivity index (χ3n) is 3.66. The maximum atomic E-state index is 6.27. The minimum atomic E-state index is 0.559. The van der Waals surface area contributed by atoms with E-state index in [0.29, 0.717) is 10.9 Å². The van der Waals surface area contributed by atoms with Crippen molar-refractivity contribution in [1.29, 1.82) is 0 Å². The van der Waals surface area contributed by atoms with Gasteiger partial charge in [-0.2, -0.15) is 0 Å². The molecular weight excluding hydrogens is 323 g/mol. The molecule has 0 aliphatic heterocycles. The number of aromatic nitrogens is 2. The van der Waals surface area contributed by atoms with Crippen molar-refractivity contribution in [3.8, 4) is 0 Å². The Bertz CT molecular complexity index is 770. The molecule has 0 saturated carbocycles. The fourth-order valence-corrected chi connectivity index (χ4v) is 3.92. The van der Waals surface area contributed by atoms with Crippen molar-refractivity contribution in [1.82, 2.24) is 9.55 Å². The molecular formula is C16H16Cl2N2S. The zero-order valence-corrected chi connectivity index (χ0v) is 14.3. The van der Waals surface area contributed by atoms with Crippen LogP contribution in [0.4, 0.5) is 0 Å². The maximum Gasteiger partial charge on any atom is 0.111 e. The lowest BCUT2D eigenvalue weighted by molar-refractivity contribution is 0.763. The number of rotatable bonds is 4. The van der Waals surface area contributed by atoms with Crippen molar-refractivity contribution in [3.63, 3.8) is 0 Å². The summed E-state index contributed by atoms with van der Waals surface area (Å²) in [5.41, 5.74) is 3.28. The smallest absolute Gasteiger partial charge is 0.111 e. The minimum Gasteiger partial charge on any atom is -0.323 e. The first-order chi connectivity index (χ1) is 10.1. The van der Waals surface area contributed by atoms with Gasteiger partial charge in [-0.3, -0.25) is 0 Å². The Kier molecular flexibility index (Phi) is 4.25. The minimum absolute atomic E-state index is 0.559. The van der Waals surface area contributed by atoms with E-state index in [1.54, 1.807) is 0 Å². The summed E-state index contributed by atoms with van der Waals surface area (Å²) in [6.07, 6.45) is 0.746. The van der Waals surface area contributed by atoms with Crippen molar-refractivity contribution in [2.75, 3.05) is 5.88 Å². The largest absolute Gasteiger partial charge is 0.323 e. The highest BCUT2D eigenvalue weighted by atomic mass is 35.5. The lowest BCUT2D eigenvalue weighted by atomic mass is 10.2. The Balaban J connectivity index is 2.10. The van der Waals surface area contributed by atoms with E-state index < -0.39 is 0 Å². The zero-order valence-electron chi connectivity index (χ0n) is 12.0. The van der Waals surface area contributed by atoms with Crippen LogP contribution >= 0.6 is 34.5 Å². The molecule has 0 bridgehead atoms. The van der Waals surface area contributed by atoms with E-state index >= 15 is 0 Å². The Labute approximate surface area is 138 Å². The maximum absolute atomic E-state index is 6.27. The van der Waals surface area contributed by atoms with Gasteiger partial charge in [0.15, 0.2) is 0 Å². The summed E-state index contributed by atoms with van der Waals surface area (Å²) in [6.45, 7) is 5.13. The standard InChI is InChI=1S/C16H16Cl2N2S/c1-10-8-12(21-11(10)2)9-20-14-5-3-4-13(18)16(14)19-15(20)6-7-17/h3-5,8H,6-7,9H2,1-2H3. The lowest BCUT2D eigenvalue weighted by Crippen LogP contribution is -2.04. The summed E-state index contributed by atoms with van der Waals surface area (Å²) in [5.74, 6) is 1.56. The van der Waals surface area contributed by atoms with Gasteiger partial charge in [0.2, 0.25) is 0 Å². The molecule has 0 aliphatic carbocycles. The quantitative estimate of drug-likeness (QED) is 0.598. The molecule has 2 aromatic heterocycles. The number of alkyl halides is 1. The molecule has 0 saturated heterocycles. The molecule has 3 rings (SSSR count). The molecule has 3 aromatic rings. The van der Waals surface area contributed by atoms with Crippen LogP contribution in [0.3, 0.4) is 0 Å². The highest BCUT2D eigenvalue weighted by molar-refractivity contribution is 7.12. The van der Waals surface area contributed by atoms with E-state index in [1.807, 2.05) is 23.5 Å². The third-order valence-corrected chi connectivity index (χ3v) is 5.29. The van der Waals surface area contributed by atoms with E-state index in [1.165, 1.54) is 15.3 Å². The first-order valence-corrected chi connectivity index (χ1v) is 8.58. The SMILES string of the molecule is Cc1cc(Cn2c(CCCl)nc3c(Cl)cccc32)sc1C. The predicted octanol–water partition coefficient (Wildman–Crippen LogP) is 5.20. The average Bonchev–Trinajstić information content (AvgIpc) is 2.94. The van der Waals surface area contributed by atoms with Gasteiger partial charge in [0.05, 0.1) is 17.1 Å². The van der Waals surface area contributed by atoms with Crippen LogP contribution in [-0.2, 0) is 13.0 Å². The molecule has 110 valence electrons. The van der Waals surface area contributed by atoms with Crippen molar-refractivity contribution in [3.05, 3.63) is 50.4 Å². The Morgan fingerprint density at radius 2 is 2.10 bits per heavy atom. The molecule has 2 nitrogen and oxygen atoms in total. The van der Waals surface area contributed by atoms with Crippen molar-refractivity contribution in [2.45, 2.75) is 26.8 Å². The molecule has 0 aliphatic rings. The molecule has 0 amide bonds. The second kappa shape index (κ2) is 5.99. The molecule has 0 unspecified atom stereocenters. The number of nitrogens with zero attached hydrogens (tertiary/aromatic N) is 2. The van der Waals surface area contributed by atoms with Crippen LogP contribution in [0.2, 0.25) is 5.02 Å². The van der Waals surface area contributed by atoms with Gasteiger partial charge >= 0.3 is 0 Å². The number of thiophene rings is 1. The fraction of sp³-hybridized carbons (Fsp3) is 0.312. The zero-order chi connectivity index (χ0) is 15.0. The lowest BCUT2D eigenvalue weighted by Gasteiger charge is -2.07. The summed E-state index contributed by atoms with van der Waals surface area (Å²) >= 11 is 14.0. The average molecular weight is 339 g/mol. The second-order valence-electron chi connectivity index (χ2n) is 5.11. The molecule has 5 heteroatoms.